The second-order valence-electron chi connectivity index (χ2n) is 3.97. The second kappa shape index (κ2) is 4.23. The van der Waals surface area contributed by atoms with Gasteiger partial charge in [0.1, 0.15) is 5.82 Å². The van der Waals surface area contributed by atoms with Crippen LogP contribution in [-0.4, -0.2) is 28.2 Å². The fourth-order valence-corrected chi connectivity index (χ4v) is 0.851. The number of aliphatic hydroxyl groups excluding tert-OH is 1. The quantitative estimate of drug-likeness (QED) is 0.644. The van der Waals surface area contributed by atoms with Gasteiger partial charge >= 0.3 is 0 Å². The van der Waals surface area contributed by atoms with Crippen LogP contribution in [-0.2, 0) is 0 Å². The zero-order valence-corrected chi connectivity index (χ0v) is 8.37. The van der Waals surface area contributed by atoms with Gasteiger partial charge in [-0.3, -0.25) is 4.79 Å². The standard InChI is InChI=1S/C9H15N3O2/c1-9(2,5-13)4-10-7-3-8(14)12-6-11-7/h3,6,13H,4-5H2,1-2H3,(H2,10,11,12,14). The molecule has 1 aromatic rings. The number of aromatic nitrogens is 2. The van der Waals surface area contributed by atoms with Crippen molar-refractivity contribution in [1.29, 1.82) is 0 Å². The van der Waals surface area contributed by atoms with Crippen molar-refractivity contribution in [3.8, 4) is 0 Å². The first-order valence-corrected chi connectivity index (χ1v) is 4.43. The zero-order chi connectivity index (χ0) is 10.6. The third kappa shape index (κ3) is 3.18. The van der Waals surface area contributed by atoms with E-state index < -0.39 is 0 Å². The van der Waals surface area contributed by atoms with Crippen molar-refractivity contribution in [2.45, 2.75) is 13.8 Å². The van der Waals surface area contributed by atoms with Crippen molar-refractivity contribution < 1.29 is 5.11 Å². The first-order chi connectivity index (χ1) is 6.53. The van der Waals surface area contributed by atoms with E-state index in [1.165, 1.54) is 12.4 Å². The molecule has 1 rings (SSSR count). The van der Waals surface area contributed by atoms with E-state index in [2.05, 4.69) is 15.3 Å². The molecule has 0 aliphatic heterocycles. The van der Waals surface area contributed by atoms with Crippen LogP contribution in [0.2, 0.25) is 0 Å². The fourth-order valence-electron chi connectivity index (χ4n) is 0.851. The highest BCUT2D eigenvalue weighted by Gasteiger charge is 2.15. The summed E-state index contributed by atoms with van der Waals surface area (Å²) >= 11 is 0. The minimum Gasteiger partial charge on any atom is -0.396 e. The van der Waals surface area contributed by atoms with Crippen LogP contribution in [0, 0.1) is 5.41 Å². The predicted octanol–water partition coefficient (Wildman–Crippen LogP) is 0.200. The van der Waals surface area contributed by atoms with Crippen molar-refractivity contribution in [2.75, 3.05) is 18.5 Å². The molecule has 0 atom stereocenters. The van der Waals surface area contributed by atoms with E-state index in [0.717, 1.165) is 0 Å². The highest BCUT2D eigenvalue weighted by Crippen LogP contribution is 2.13. The SMILES string of the molecule is CC(C)(CO)CNc1cc(=O)[nH]cn1. The van der Waals surface area contributed by atoms with Gasteiger partial charge in [-0.2, -0.15) is 0 Å². The molecular formula is C9H15N3O2. The molecule has 0 bridgehead atoms. The molecule has 14 heavy (non-hydrogen) atoms. The third-order valence-corrected chi connectivity index (χ3v) is 1.85. The fraction of sp³-hybridized carbons (Fsp3) is 0.556. The number of rotatable bonds is 4. The largest absolute Gasteiger partial charge is 0.396 e. The maximum absolute atomic E-state index is 10.9. The van der Waals surface area contributed by atoms with E-state index in [1.54, 1.807) is 0 Å². The molecule has 1 aromatic heterocycles. The molecule has 0 unspecified atom stereocenters. The van der Waals surface area contributed by atoms with Gasteiger partial charge in [-0.25, -0.2) is 4.98 Å². The van der Waals surface area contributed by atoms with Crippen molar-refractivity contribution in [3.05, 3.63) is 22.7 Å². The molecule has 0 fully saturated rings. The van der Waals surface area contributed by atoms with Crippen LogP contribution in [0.4, 0.5) is 5.82 Å². The van der Waals surface area contributed by atoms with Crippen LogP contribution in [0.3, 0.4) is 0 Å². The number of aromatic amines is 1. The smallest absolute Gasteiger partial charge is 0.252 e. The zero-order valence-electron chi connectivity index (χ0n) is 8.37. The number of hydrogen-bond acceptors (Lipinski definition) is 4. The minimum absolute atomic E-state index is 0.0865. The van der Waals surface area contributed by atoms with E-state index in [0.29, 0.717) is 12.4 Å². The van der Waals surface area contributed by atoms with Gasteiger partial charge in [0.2, 0.25) is 0 Å². The number of anilines is 1. The lowest BCUT2D eigenvalue weighted by Crippen LogP contribution is -2.27. The van der Waals surface area contributed by atoms with Crippen LogP contribution in [0.1, 0.15) is 13.8 Å². The minimum atomic E-state index is -0.218. The summed E-state index contributed by atoms with van der Waals surface area (Å²) < 4.78 is 0. The summed E-state index contributed by atoms with van der Waals surface area (Å²) in [7, 11) is 0. The summed E-state index contributed by atoms with van der Waals surface area (Å²) in [5, 5.41) is 12.0. The Bertz CT molecular complexity index is 346. The molecule has 0 aromatic carbocycles. The summed E-state index contributed by atoms with van der Waals surface area (Å²) in [6.45, 7) is 4.50. The molecule has 0 radical (unpaired) electrons. The number of aliphatic hydroxyl groups is 1. The molecule has 5 heteroatoms. The molecule has 1 heterocycles. The number of H-pyrrole nitrogens is 1. The van der Waals surface area contributed by atoms with Gasteiger partial charge in [0.25, 0.3) is 5.56 Å². The average molecular weight is 197 g/mol. The molecule has 0 saturated heterocycles. The maximum Gasteiger partial charge on any atom is 0.252 e. The Labute approximate surface area is 82.2 Å². The van der Waals surface area contributed by atoms with Crippen LogP contribution in [0.25, 0.3) is 0 Å². The van der Waals surface area contributed by atoms with Gasteiger partial charge in [-0.15, -0.1) is 0 Å². The van der Waals surface area contributed by atoms with Gasteiger partial charge in [-0.1, -0.05) is 13.8 Å². The first kappa shape index (κ1) is 10.7. The lowest BCUT2D eigenvalue weighted by molar-refractivity contribution is 0.170. The second-order valence-corrected chi connectivity index (χ2v) is 3.97. The van der Waals surface area contributed by atoms with Crippen molar-refractivity contribution in [3.63, 3.8) is 0 Å². The molecule has 0 saturated carbocycles. The number of nitrogens with zero attached hydrogens (tertiary/aromatic N) is 1. The van der Waals surface area contributed by atoms with E-state index >= 15 is 0 Å². The Hall–Kier alpha value is -1.36. The highest BCUT2D eigenvalue weighted by molar-refractivity contribution is 5.31. The Kier molecular flexibility index (Phi) is 3.24. The molecule has 5 nitrogen and oxygen atoms in total. The van der Waals surface area contributed by atoms with Crippen LogP contribution in [0.15, 0.2) is 17.2 Å². The lowest BCUT2D eigenvalue weighted by atomic mass is 9.95. The number of nitrogens with one attached hydrogen (secondary N) is 2. The van der Waals surface area contributed by atoms with Gasteiger partial charge < -0.3 is 15.4 Å². The Morgan fingerprint density at radius 1 is 1.64 bits per heavy atom. The van der Waals surface area contributed by atoms with E-state index in [4.69, 9.17) is 5.11 Å². The molecule has 0 amide bonds. The summed E-state index contributed by atoms with van der Waals surface area (Å²) in [6.07, 6.45) is 1.34. The first-order valence-electron chi connectivity index (χ1n) is 4.43. The highest BCUT2D eigenvalue weighted by atomic mass is 16.3. The topological polar surface area (TPSA) is 78.0 Å². The van der Waals surface area contributed by atoms with Crippen LogP contribution in [0.5, 0.6) is 0 Å². The van der Waals surface area contributed by atoms with Gasteiger partial charge in [0.05, 0.1) is 6.33 Å². The number of hydrogen-bond donors (Lipinski definition) is 3. The van der Waals surface area contributed by atoms with Crippen molar-refractivity contribution in [1.82, 2.24) is 9.97 Å². The van der Waals surface area contributed by atoms with Crippen LogP contribution < -0.4 is 10.9 Å². The summed E-state index contributed by atoms with van der Waals surface area (Å²) in [4.78, 5) is 17.3. The van der Waals surface area contributed by atoms with E-state index in [9.17, 15) is 4.79 Å². The third-order valence-electron chi connectivity index (χ3n) is 1.85. The summed E-state index contributed by atoms with van der Waals surface area (Å²) in [5.41, 5.74) is -0.408. The Balaban J connectivity index is 2.58. The molecule has 0 aliphatic carbocycles. The molecule has 0 spiro atoms. The molecule has 0 aliphatic rings. The predicted molar refractivity (Wildman–Crippen MR) is 54.2 cm³/mol. The maximum atomic E-state index is 10.9. The molecule has 78 valence electrons. The van der Waals surface area contributed by atoms with Crippen LogP contribution >= 0.6 is 0 Å². The van der Waals surface area contributed by atoms with Gasteiger partial charge in [-0.05, 0) is 0 Å². The van der Waals surface area contributed by atoms with Crippen molar-refractivity contribution >= 4 is 5.82 Å². The molecular weight excluding hydrogens is 182 g/mol. The van der Waals surface area contributed by atoms with Gasteiger partial charge in [0.15, 0.2) is 0 Å². The Morgan fingerprint density at radius 3 is 2.93 bits per heavy atom. The lowest BCUT2D eigenvalue weighted by Gasteiger charge is -2.21. The van der Waals surface area contributed by atoms with E-state index in [-0.39, 0.29) is 17.6 Å². The van der Waals surface area contributed by atoms with Crippen molar-refractivity contribution in [2.24, 2.45) is 5.41 Å². The Morgan fingerprint density at radius 2 is 2.36 bits per heavy atom. The normalized spacial score (nSPS) is 11.4. The van der Waals surface area contributed by atoms with E-state index in [1.807, 2.05) is 13.8 Å². The monoisotopic (exact) mass is 197 g/mol. The molecule has 3 N–H and O–H groups in total. The average Bonchev–Trinajstić information content (AvgIpc) is 2.15. The summed E-state index contributed by atoms with van der Waals surface area (Å²) in [6, 6.07) is 1.38. The van der Waals surface area contributed by atoms with Gasteiger partial charge in [0, 0.05) is 24.6 Å². The summed E-state index contributed by atoms with van der Waals surface area (Å²) in [5.74, 6) is 0.523.